The third kappa shape index (κ3) is 2.77. The lowest BCUT2D eigenvalue weighted by molar-refractivity contribution is -0.120. The van der Waals surface area contributed by atoms with E-state index in [1.54, 1.807) is 12.1 Å². The average molecular weight is 300 g/mol. The molecule has 4 nitrogen and oxygen atoms in total. The zero-order valence-electron chi connectivity index (χ0n) is 10.2. The van der Waals surface area contributed by atoms with Crippen molar-refractivity contribution in [1.82, 2.24) is 0 Å². The van der Waals surface area contributed by atoms with Gasteiger partial charge in [0.15, 0.2) is 0 Å². The lowest BCUT2D eigenvalue weighted by Gasteiger charge is -2.12. The maximum absolute atomic E-state index is 12.0. The molecule has 6 heteroatoms. The fourth-order valence-electron chi connectivity index (χ4n) is 2.87. The normalized spacial score (nSPS) is 28.8. The fourth-order valence-corrected chi connectivity index (χ4v) is 3.64. The Bertz CT molecular complexity index is 601. The van der Waals surface area contributed by atoms with Crippen molar-refractivity contribution in [2.75, 3.05) is 5.32 Å². The predicted octanol–water partition coefficient (Wildman–Crippen LogP) is 2.60. The van der Waals surface area contributed by atoms with Crippen LogP contribution in [0.2, 0.25) is 0 Å². The van der Waals surface area contributed by atoms with E-state index >= 15 is 0 Å². The van der Waals surface area contributed by atoms with Crippen LogP contribution < -0.4 is 5.32 Å². The van der Waals surface area contributed by atoms with Crippen molar-refractivity contribution < 1.29 is 13.2 Å². The number of rotatable bonds is 3. The third-order valence-electron chi connectivity index (χ3n) is 4.02. The Morgan fingerprint density at radius 2 is 1.68 bits per heavy atom. The second-order valence-electron chi connectivity index (χ2n) is 5.38. The molecular formula is C13H14ClNO3S. The highest BCUT2D eigenvalue weighted by atomic mass is 35.7. The molecule has 19 heavy (non-hydrogen) atoms. The molecule has 0 heterocycles. The summed E-state index contributed by atoms with van der Waals surface area (Å²) in [5, 5.41) is 2.83. The lowest BCUT2D eigenvalue weighted by Crippen LogP contribution is -2.21. The van der Waals surface area contributed by atoms with Gasteiger partial charge in [0, 0.05) is 22.3 Å². The van der Waals surface area contributed by atoms with Gasteiger partial charge < -0.3 is 5.32 Å². The third-order valence-corrected chi connectivity index (χ3v) is 5.39. The van der Waals surface area contributed by atoms with Gasteiger partial charge in [-0.15, -0.1) is 0 Å². The molecule has 0 bridgehead atoms. The summed E-state index contributed by atoms with van der Waals surface area (Å²) in [5.41, 5.74) is 0.606. The molecule has 3 rings (SSSR count). The van der Waals surface area contributed by atoms with E-state index in [9.17, 15) is 13.2 Å². The number of carbonyl (C=O) groups excluding carboxylic acids is 1. The quantitative estimate of drug-likeness (QED) is 0.873. The zero-order chi connectivity index (χ0) is 13.6. The fraction of sp³-hybridized carbons (Fsp3) is 0.462. The van der Waals surface area contributed by atoms with E-state index in [1.165, 1.54) is 18.6 Å². The smallest absolute Gasteiger partial charge is 0.261 e. The van der Waals surface area contributed by atoms with Crippen molar-refractivity contribution in [2.24, 2.45) is 17.8 Å². The Balaban J connectivity index is 1.65. The Labute approximate surface area is 116 Å². The summed E-state index contributed by atoms with van der Waals surface area (Å²) in [6.07, 6.45) is 3.27. The molecule has 0 spiro atoms. The van der Waals surface area contributed by atoms with Crippen LogP contribution in [0.3, 0.4) is 0 Å². The van der Waals surface area contributed by atoms with Gasteiger partial charge in [-0.1, -0.05) is 0 Å². The Morgan fingerprint density at radius 3 is 2.21 bits per heavy atom. The number of carbonyl (C=O) groups is 1. The van der Waals surface area contributed by atoms with Crippen LogP contribution in [0.15, 0.2) is 29.2 Å². The maximum atomic E-state index is 12.0. The van der Waals surface area contributed by atoms with Crippen molar-refractivity contribution in [2.45, 2.75) is 24.2 Å². The number of nitrogens with one attached hydrogen (secondary N) is 1. The van der Waals surface area contributed by atoms with Crippen LogP contribution in [0.5, 0.6) is 0 Å². The molecule has 2 atom stereocenters. The molecule has 0 saturated heterocycles. The molecule has 1 aromatic rings. The largest absolute Gasteiger partial charge is 0.326 e. The van der Waals surface area contributed by atoms with E-state index in [1.807, 2.05) is 0 Å². The molecule has 2 saturated carbocycles. The molecule has 102 valence electrons. The van der Waals surface area contributed by atoms with Crippen LogP contribution in [0, 0.1) is 17.8 Å². The SMILES string of the molecule is O=C(Nc1ccc(S(=O)(=O)Cl)cc1)C1CC2CC2C1. The number of benzene rings is 1. The van der Waals surface area contributed by atoms with Gasteiger partial charge in [-0.25, -0.2) is 8.42 Å². The predicted molar refractivity (Wildman–Crippen MR) is 72.4 cm³/mol. The van der Waals surface area contributed by atoms with Crippen molar-refractivity contribution in [3.63, 3.8) is 0 Å². The highest BCUT2D eigenvalue weighted by Crippen LogP contribution is 2.54. The van der Waals surface area contributed by atoms with Crippen molar-refractivity contribution >= 4 is 31.3 Å². The number of hydrogen-bond acceptors (Lipinski definition) is 3. The summed E-state index contributed by atoms with van der Waals surface area (Å²) in [4.78, 5) is 12.0. The number of halogens is 1. The van der Waals surface area contributed by atoms with E-state index in [0.29, 0.717) is 5.69 Å². The van der Waals surface area contributed by atoms with E-state index < -0.39 is 9.05 Å². The summed E-state index contributed by atoms with van der Waals surface area (Å²) < 4.78 is 22.2. The van der Waals surface area contributed by atoms with Gasteiger partial charge in [0.25, 0.3) is 9.05 Å². The van der Waals surface area contributed by atoms with Crippen LogP contribution in [0.25, 0.3) is 0 Å². The molecule has 1 aromatic carbocycles. The molecular weight excluding hydrogens is 286 g/mol. The summed E-state index contributed by atoms with van der Waals surface area (Å²) in [5.74, 6) is 1.67. The molecule has 0 aromatic heterocycles. The van der Waals surface area contributed by atoms with E-state index in [2.05, 4.69) is 5.32 Å². The number of anilines is 1. The maximum Gasteiger partial charge on any atom is 0.261 e. The summed E-state index contributed by atoms with van der Waals surface area (Å²) in [6.45, 7) is 0. The number of amides is 1. The molecule has 0 radical (unpaired) electrons. The minimum Gasteiger partial charge on any atom is -0.326 e. The first-order chi connectivity index (χ1) is 8.93. The summed E-state index contributed by atoms with van der Waals surface area (Å²) >= 11 is 0. The second-order valence-corrected chi connectivity index (χ2v) is 7.94. The van der Waals surface area contributed by atoms with Crippen LogP contribution in [0.1, 0.15) is 19.3 Å². The van der Waals surface area contributed by atoms with Crippen LogP contribution in [0.4, 0.5) is 5.69 Å². The minimum atomic E-state index is -3.71. The molecule has 2 aliphatic rings. The van der Waals surface area contributed by atoms with Crippen LogP contribution >= 0.6 is 10.7 Å². The molecule has 0 aliphatic heterocycles. The van der Waals surface area contributed by atoms with Gasteiger partial charge >= 0.3 is 0 Å². The average Bonchev–Trinajstić information content (AvgIpc) is 2.95. The zero-order valence-corrected chi connectivity index (χ0v) is 11.7. The van der Waals surface area contributed by atoms with E-state index in [0.717, 1.165) is 24.7 Å². The van der Waals surface area contributed by atoms with Crippen LogP contribution in [-0.2, 0) is 13.8 Å². The standard InChI is InChI=1S/C13H14ClNO3S/c14-19(17,18)12-3-1-11(2-4-12)15-13(16)10-6-8-5-9(8)7-10/h1-4,8-10H,5-7H2,(H,15,16). The lowest BCUT2D eigenvalue weighted by atomic mass is 10.0. The van der Waals surface area contributed by atoms with Gasteiger partial charge in [-0.2, -0.15) is 0 Å². The van der Waals surface area contributed by atoms with Gasteiger partial charge in [-0.3, -0.25) is 4.79 Å². The minimum absolute atomic E-state index is 0.0358. The second kappa shape index (κ2) is 4.49. The van der Waals surface area contributed by atoms with Gasteiger partial charge in [0.2, 0.25) is 5.91 Å². The number of fused-ring (bicyclic) bond motifs is 1. The molecule has 1 amide bonds. The highest BCUT2D eigenvalue weighted by Gasteiger charge is 2.47. The monoisotopic (exact) mass is 299 g/mol. The van der Waals surface area contributed by atoms with Gasteiger partial charge in [0.1, 0.15) is 0 Å². The first-order valence-electron chi connectivity index (χ1n) is 6.29. The molecule has 2 unspecified atom stereocenters. The Hall–Kier alpha value is -1.07. The van der Waals surface area contributed by atoms with E-state index in [-0.39, 0.29) is 16.7 Å². The summed E-state index contributed by atoms with van der Waals surface area (Å²) in [7, 11) is 1.52. The molecule has 2 fully saturated rings. The first kappa shape index (κ1) is 12.9. The molecule has 1 N–H and O–H groups in total. The number of hydrogen-bond donors (Lipinski definition) is 1. The molecule has 2 aliphatic carbocycles. The Kier molecular flexibility index (Phi) is 3.06. The van der Waals surface area contributed by atoms with Gasteiger partial charge in [0.05, 0.1) is 4.90 Å². The van der Waals surface area contributed by atoms with Crippen LogP contribution in [-0.4, -0.2) is 14.3 Å². The van der Waals surface area contributed by atoms with Crippen molar-refractivity contribution in [1.29, 1.82) is 0 Å². The first-order valence-corrected chi connectivity index (χ1v) is 8.60. The summed E-state index contributed by atoms with van der Waals surface area (Å²) in [6, 6.07) is 5.90. The Morgan fingerprint density at radius 1 is 1.11 bits per heavy atom. The van der Waals surface area contributed by atoms with E-state index in [4.69, 9.17) is 10.7 Å². The van der Waals surface area contributed by atoms with Crippen molar-refractivity contribution in [3.8, 4) is 0 Å². The van der Waals surface area contributed by atoms with Gasteiger partial charge in [-0.05, 0) is 55.4 Å². The highest BCUT2D eigenvalue weighted by molar-refractivity contribution is 8.13. The topological polar surface area (TPSA) is 63.2 Å². The van der Waals surface area contributed by atoms with Crippen molar-refractivity contribution in [3.05, 3.63) is 24.3 Å².